The largest absolute Gasteiger partial charge is 0.335 e. The van der Waals surface area contributed by atoms with Crippen molar-refractivity contribution in [2.75, 3.05) is 0 Å². The van der Waals surface area contributed by atoms with Gasteiger partial charge in [-0.05, 0) is 13.3 Å². The average molecular weight is 179 g/mol. The van der Waals surface area contributed by atoms with Crippen LogP contribution >= 0.6 is 0 Å². The molecule has 1 atom stereocenters. The van der Waals surface area contributed by atoms with E-state index in [9.17, 15) is 4.79 Å². The SMILES string of the molecule is C=CCC(C)NC(=O)n1ccnc1. The molecular weight excluding hydrogens is 166 g/mol. The van der Waals surface area contributed by atoms with E-state index in [1.165, 1.54) is 10.9 Å². The summed E-state index contributed by atoms with van der Waals surface area (Å²) in [5, 5.41) is 2.80. The molecule has 1 N–H and O–H groups in total. The fraction of sp³-hybridized carbons (Fsp3) is 0.333. The van der Waals surface area contributed by atoms with Crippen molar-refractivity contribution in [3.63, 3.8) is 0 Å². The van der Waals surface area contributed by atoms with E-state index in [4.69, 9.17) is 0 Å². The molecule has 0 radical (unpaired) electrons. The number of hydrogen-bond acceptors (Lipinski definition) is 2. The fourth-order valence-corrected chi connectivity index (χ4v) is 0.973. The molecule has 70 valence electrons. The van der Waals surface area contributed by atoms with Crippen molar-refractivity contribution < 1.29 is 4.79 Å². The second-order valence-corrected chi connectivity index (χ2v) is 2.84. The van der Waals surface area contributed by atoms with Crippen LogP contribution in [-0.2, 0) is 0 Å². The second-order valence-electron chi connectivity index (χ2n) is 2.84. The lowest BCUT2D eigenvalue weighted by Gasteiger charge is -2.11. The minimum atomic E-state index is -0.160. The Bertz CT molecular complexity index is 279. The first-order valence-electron chi connectivity index (χ1n) is 4.13. The molecule has 0 aliphatic carbocycles. The molecule has 0 aliphatic heterocycles. The summed E-state index contributed by atoms with van der Waals surface area (Å²) in [4.78, 5) is 15.1. The van der Waals surface area contributed by atoms with Crippen molar-refractivity contribution in [1.29, 1.82) is 0 Å². The van der Waals surface area contributed by atoms with E-state index < -0.39 is 0 Å². The van der Waals surface area contributed by atoms with Gasteiger partial charge in [0.15, 0.2) is 0 Å². The lowest BCUT2D eigenvalue weighted by Crippen LogP contribution is -2.34. The van der Waals surface area contributed by atoms with Gasteiger partial charge in [0.1, 0.15) is 6.33 Å². The van der Waals surface area contributed by atoms with Crippen LogP contribution in [0.15, 0.2) is 31.4 Å². The summed E-state index contributed by atoms with van der Waals surface area (Å²) in [5.41, 5.74) is 0. The summed E-state index contributed by atoms with van der Waals surface area (Å²) in [6.45, 7) is 5.53. The van der Waals surface area contributed by atoms with Crippen LogP contribution in [0.25, 0.3) is 0 Å². The summed E-state index contributed by atoms with van der Waals surface area (Å²) < 4.78 is 1.40. The van der Waals surface area contributed by atoms with Gasteiger partial charge in [0.25, 0.3) is 0 Å². The van der Waals surface area contributed by atoms with Crippen LogP contribution < -0.4 is 5.32 Å². The van der Waals surface area contributed by atoms with Crippen LogP contribution in [0, 0.1) is 0 Å². The first-order valence-corrected chi connectivity index (χ1v) is 4.13. The van der Waals surface area contributed by atoms with Crippen LogP contribution in [0.4, 0.5) is 4.79 Å². The molecular formula is C9H13N3O. The first-order chi connectivity index (χ1) is 6.24. The predicted octanol–water partition coefficient (Wildman–Crippen LogP) is 1.41. The number of hydrogen-bond donors (Lipinski definition) is 1. The van der Waals surface area contributed by atoms with Crippen molar-refractivity contribution in [2.24, 2.45) is 0 Å². The smallest absolute Gasteiger partial charge is 0.327 e. The van der Waals surface area contributed by atoms with Gasteiger partial charge < -0.3 is 5.32 Å². The van der Waals surface area contributed by atoms with E-state index in [0.717, 1.165) is 6.42 Å². The Hall–Kier alpha value is -1.58. The number of carbonyl (C=O) groups excluding carboxylic acids is 1. The standard InChI is InChI=1S/C9H13N3O/c1-3-4-8(2)11-9(13)12-6-5-10-7-12/h3,5-8H,1,4H2,2H3,(H,11,13). The van der Waals surface area contributed by atoms with Gasteiger partial charge in [0, 0.05) is 18.4 Å². The van der Waals surface area contributed by atoms with Crippen LogP contribution in [0.5, 0.6) is 0 Å². The van der Waals surface area contributed by atoms with Crippen molar-refractivity contribution >= 4 is 6.03 Å². The van der Waals surface area contributed by atoms with E-state index in [1.54, 1.807) is 18.5 Å². The zero-order valence-corrected chi connectivity index (χ0v) is 7.60. The molecule has 0 saturated heterocycles. The van der Waals surface area contributed by atoms with Gasteiger partial charge in [-0.2, -0.15) is 0 Å². The molecule has 0 saturated carbocycles. The molecule has 0 spiro atoms. The Morgan fingerprint density at radius 2 is 2.62 bits per heavy atom. The highest BCUT2D eigenvalue weighted by molar-refractivity contribution is 5.76. The normalized spacial score (nSPS) is 12.1. The Balaban J connectivity index is 2.46. The van der Waals surface area contributed by atoms with Crippen molar-refractivity contribution in [3.8, 4) is 0 Å². The zero-order valence-electron chi connectivity index (χ0n) is 7.60. The monoisotopic (exact) mass is 179 g/mol. The van der Waals surface area contributed by atoms with Gasteiger partial charge in [-0.3, -0.25) is 4.57 Å². The van der Waals surface area contributed by atoms with E-state index in [-0.39, 0.29) is 12.1 Å². The molecule has 0 bridgehead atoms. The molecule has 1 heterocycles. The summed E-state index contributed by atoms with van der Waals surface area (Å²) >= 11 is 0. The second kappa shape index (κ2) is 4.45. The number of nitrogens with zero attached hydrogens (tertiary/aromatic N) is 2. The highest BCUT2D eigenvalue weighted by atomic mass is 16.2. The summed E-state index contributed by atoms with van der Waals surface area (Å²) in [7, 11) is 0. The number of aromatic nitrogens is 2. The van der Waals surface area contributed by atoms with E-state index in [1.807, 2.05) is 6.92 Å². The molecule has 4 nitrogen and oxygen atoms in total. The molecule has 1 amide bonds. The summed E-state index contributed by atoms with van der Waals surface area (Å²) in [5.74, 6) is 0. The van der Waals surface area contributed by atoms with Gasteiger partial charge in [-0.1, -0.05) is 6.08 Å². The topological polar surface area (TPSA) is 46.9 Å². The lowest BCUT2D eigenvalue weighted by molar-refractivity contribution is 0.239. The minimum Gasteiger partial charge on any atom is -0.335 e. The molecule has 1 rings (SSSR count). The van der Waals surface area contributed by atoms with E-state index in [2.05, 4.69) is 16.9 Å². The van der Waals surface area contributed by atoms with Crippen LogP contribution in [-0.4, -0.2) is 21.6 Å². The Labute approximate surface area is 77.3 Å². The highest BCUT2D eigenvalue weighted by Gasteiger charge is 2.06. The Morgan fingerprint density at radius 3 is 3.15 bits per heavy atom. The molecule has 4 heteroatoms. The predicted molar refractivity (Wildman–Crippen MR) is 50.4 cm³/mol. The molecule has 0 aromatic carbocycles. The Morgan fingerprint density at radius 1 is 1.85 bits per heavy atom. The maximum absolute atomic E-state index is 11.4. The molecule has 1 aromatic heterocycles. The van der Waals surface area contributed by atoms with Crippen LogP contribution in [0.1, 0.15) is 13.3 Å². The quantitative estimate of drug-likeness (QED) is 0.713. The van der Waals surface area contributed by atoms with Crippen molar-refractivity contribution in [3.05, 3.63) is 31.4 Å². The fourth-order valence-electron chi connectivity index (χ4n) is 0.973. The zero-order chi connectivity index (χ0) is 9.68. The third-order valence-corrected chi connectivity index (χ3v) is 1.63. The highest BCUT2D eigenvalue weighted by Crippen LogP contribution is 1.92. The van der Waals surface area contributed by atoms with Crippen LogP contribution in [0.2, 0.25) is 0 Å². The molecule has 0 fully saturated rings. The molecule has 0 aliphatic rings. The van der Waals surface area contributed by atoms with Gasteiger partial charge in [-0.25, -0.2) is 9.78 Å². The maximum atomic E-state index is 11.4. The number of rotatable bonds is 3. The summed E-state index contributed by atoms with van der Waals surface area (Å²) in [6.07, 6.45) is 7.18. The van der Waals surface area contributed by atoms with Gasteiger partial charge >= 0.3 is 6.03 Å². The molecule has 1 unspecified atom stereocenters. The number of amides is 1. The molecule has 13 heavy (non-hydrogen) atoms. The Kier molecular flexibility index (Phi) is 3.25. The van der Waals surface area contributed by atoms with Gasteiger partial charge in [0.05, 0.1) is 0 Å². The van der Waals surface area contributed by atoms with Crippen molar-refractivity contribution in [1.82, 2.24) is 14.9 Å². The van der Waals surface area contributed by atoms with Crippen molar-refractivity contribution in [2.45, 2.75) is 19.4 Å². The average Bonchev–Trinajstić information content (AvgIpc) is 2.55. The van der Waals surface area contributed by atoms with E-state index >= 15 is 0 Å². The first kappa shape index (κ1) is 9.51. The number of nitrogens with one attached hydrogen (secondary N) is 1. The number of carbonyl (C=O) groups is 1. The minimum absolute atomic E-state index is 0.104. The van der Waals surface area contributed by atoms with Crippen LogP contribution in [0.3, 0.4) is 0 Å². The lowest BCUT2D eigenvalue weighted by atomic mass is 10.2. The third kappa shape index (κ3) is 2.74. The van der Waals surface area contributed by atoms with E-state index in [0.29, 0.717) is 0 Å². The molecule has 1 aromatic rings. The van der Waals surface area contributed by atoms with Gasteiger partial charge in [-0.15, -0.1) is 6.58 Å². The third-order valence-electron chi connectivity index (χ3n) is 1.63. The number of imidazole rings is 1. The van der Waals surface area contributed by atoms with Gasteiger partial charge in [0.2, 0.25) is 0 Å². The maximum Gasteiger partial charge on any atom is 0.327 e. The summed E-state index contributed by atoms with van der Waals surface area (Å²) in [6, 6.07) is -0.0562.